The topological polar surface area (TPSA) is 113 Å². The van der Waals surface area contributed by atoms with Crippen LogP contribution >= 0.6 is 12.4 Å². The molecule has 1 heterocycles. The average molecular weight is 265 g/mol. The lowest BCUT2D eigenvalue weighted by Crippen LogP contribution is -2.32. The van der Waals surface area contributed by atoms with E-state index in [0.717, 1.165) is 0 Å². The predicted octanol–water partition coefficient (Wildman–Crippen LogP) is 0.104. The normalized spacial score (nSPS) is 11.4. The van der Waals surface area contributed by atoms with E-state index < -0.39 is 16.9 Å². The fourth-order valence-corrected chi connectivity index (χ4v) is 1.20. The van der Waals surface area contributed by atoms with Crippen molar-refractivity contribution in [1.29, 1.82) is 0 Å². The molecule has 1 aromatic rings. The number of aryl methyl sites for hydroxylation is 1. The number of carbonyl (C=O) groups is 1. The molecule has 0 aromatic carbocycles. The zero-order valence-electron chi connectivity index (χ0n) is 9.11. The second-order valence-corrected chi connectivity index (χ2v) is 3.10. The van der Waals surface area contributed by atoms with Gasteiger partial charge in [0, 0.05) is 6.42 Å². The van der Waals surface area contributed by atoms with Gasteiger partial charge in [-0.15, -0.1) is 12.4 Å². The molecule has 0 amide bonds. The third kappa shape index (κ3) is 4.00. The van der Waals surface area contributed by atoms with Crippen molar-refractivity contribution in [2.45, 2.75) is 19.0 Å². The van der Waals surface area contributed by atoms with Crippen molar-refractivity contribution in [1.82, 2.24) is 9.55 Å². The summed E-state index contributed by atoms with van der Waals surface area (Å²) >= 11 is 0. The Balaban J connectivity index is 0.00000256. The Morgan fingerprint density at radius 2 is 2.41 bits per heavy atom. The van der Waals surface area contributed by atoms with E-state index in [1.807, 2.05) is 0 Å². The number of imidazole rings is 1. The third-order valence-corrected chi connectivity index (χ3v) is 2.04. The largest absolute Gasteiger partial charge is 0.468 e. The highest BCUT2D eigenvalue weighted by molar-refractivity contribution is 5.85. The molecule has 0 saturated carbocycles. The number of carbonyl (C=O) groups excluding carboxylic acids is 1. The summed E-state index contributed by atoms with van der Waals surface area (Å²) in [7, 11) is 1.24. The monoisotopic (exact) mass is 264 g/mol. The highest BCUT2D eigenvalue weighted by Gasteiger charge is 2.18. The Bertz CT molecular complexity index is 395. The first kappa shape index (κ1) is 15.3. The van der Waals surface area contributed by atoms with Crippen LogP contribution in [0.3, 0.4) is 0 Å². The van der Waals surface area contributed by atoms with E-state index in [1.165, 1.54) is 24.1 Å². The molecule has 0 aliphatic carbocycles. The summed E-state index contributed by atoms with van der Waals surface area (Å²) in [5.41, 5.74) is 5.49. The first-order chi connectivity index (χ1) is 7.56. The van der Waals surface area contributed by atoms with E-state index in [0.29, 0.717) is 0 Å². The van der Waals surface area contributed by atoms with Crippen LogP contribution in [0.4, 0.5) is 5.95 Å². The second kappa shape index (κ2) is 6.81. The van der Waals surface area contributed by atoms with Gasteiger partial charge in [0.05, 0.1) is 13.7 Å². The molecular weight excluding hydrogens is 252 g/mol. The predicted molar refractivity (Wildman–Crippen MR) is 60.7 cm³/mol. The van der Waals surface area contributed by atoms with Crippen LogP contribution in [0, 0.1) is 10.1 Å². The van der Waals surface area contributed by atoms with E-state index in [-0.39, 0.29) is 31.3 Å². The van der Waals surface area contributed by atoms with Crippen molar-refractivity contribution < 1.29 is 14.5 Å². The van der Waals surface area contributed by atoms with Gasteiger partial charge in [0.15, 0.2) is 0 Å². The number of aromatic nitrogens is 2. The van der Waals surface area contributed by atoms with Crippen LogP contribution in [0.5, 0.6) is 0 Å². The van der Waals surface area contributed by atoms with Gasteiger partial charge in [0.2, 0.25) is 0 Å². The van der Waals surface area contributed by atoms with Crippen LogP contribution < -0.4 is 5.73 Å². The molecule has 1 unspecified atom stereocenters. The summed E-state index contributed by atoms with van der Waals surface area (Å²) in [4.78, 5) is 24.5. The Hall–Kier alpha value is -1.67. The molecule has 0 radical (unpaired) electrons. The van der Waals surface area contributed by atoms with Gasteiger partial charge in [-0.05, 0) is 4.92 Å². The maximum Gasteiger partial charge on any atom is 0.434 e. The number of nitrogens with zero attached hydrogens (tertiary/aromatic N) is 3. The Labute approximate surface area is 103 Å². The number of nitro groups is 1. The molecule has 0 bridgehead atoms. The van der Waals surface area contributed by atoms with Crippen molar-refractivity contribution in [3.8, 4) is 0 Å². The van der Waals surface area contributed by atoms with Gasteiger partial charge in [-0.25, -0.2) is 4.57 Å². The molecule has 0 aliphatic rings. The van der Waals surface area contributed by atoms with Gasteiger partial charge in [-0.2, -0.15) is 0 Å². The molecule has 0 saturated heterocycles. The van der Waals surface area contributed by atoms with Crippen LogP contribution in [0.15, 0.2) is 12.4 Å². The van der Waals surface area contributed by atoms with E-state index in [2.05, 4.69) is 9.72 Å². The van der Waals surface area contributed by atoms with Gasteiger partial charge in [-0.3, -0.25) is 4.79 Å². The molecule has 9 heteroatoms. The molecule has 2 N–H and O–H groups in total. The third-order valence-electron chi connectivity index (χ3n) is 2.04. The summed E-state index contributed by atoms with van der Waals surface area (Å²) in [6.07, 6.45) is 3.04. The number of rotatable bonds is 5. The average Bonchev–Trinajstić information content (AvgIpc) is 2.72. The second-order valence-electron chi connectivity index (χ2n) is 3.10. The molecule has 1 aromatic heterocycles. The minimum atomic E-state index is -0.785. The number of esters is 1. The maximum absolute atomic E-state index is 11.0. The van der Waals surface area contributed by atoms with Gasteiger partial charge >= 0.3 is 11.9 Å². The smallest absolute Gasteiger partial charge is 0.434 e. The molecule has 96 valence electrons. The van der Waals surface area contributed by atoms with E-state index >= 15 is 0 Å². The lowest BCUT2D eigenvalue weighted by Gasteiger charge is -2.08. The first-order valence-electron chi connectivity index (χ1n) is 4.55. The van der Waals surface area contributed by atoms with Crippen molar-refractivity contribution in [2.24, 2.45) is 5.73 Å². The van der Waals surface area contributed by atoms with E-state index in [4.69, 9.17) is 5.73 Å². The first-order valence-corrected chi connectivity index (χ1v) is 4.55. The zero-order chi connectivity index (χ0) is 12.1. The molecule has 17 heavy (non-hydrogen) atoms. The van der Waals surface area contributed by atoms with Crippen LogP contribution in [0.25, 0.3) is 0 Å². The van der Waals surface area contributed by atoms with Crippen LogP contribution in [0.2, 0.25) is 0 Å². The Morgan fingerprint density at radius 3 is 2.94 bits per heavy atom. The number of ether oxygens (including phenoxy) is 1. The van der Waals surface area contributed by atoms with Crippen LogP contribution in [-0.4, -0.2) is 33.6 Å². The summed E-state index contributed by atoms with van der Waals surface area (Å²) in [6, 6.07) is -0.785. The lowest BCUT2D eigenvalue weighted by molar-refractivity contribution is -0.396. The fraction of sp³-hybridized carbons (Fsp3) is 0.500. The van der Waals surface area contributed by atoms with Gasteiger partial charge < -0.3 is 20.6 Å². The summed E-state index contributed by atoms with van der Waals surface area (Å²) < 4.78 is 5.76. The van der Waals surface area contributed by atoms with Gasteiger partial charge in [0.1, 0.15) is 18.4 Å². The number of halogens is 1. The van der Waals surface area contributed by atoms with E-state index in [1.54, 1.807) is 0 Å². The highest BCUT2D eigenvalue weighted by atomic mass is 35.5. The molecular formula is C8H13ClN4O4. The van der Waals surface area contributed by atoms with Gasteiger partial charge in [-0.1, -0.05) is 4.98 Å². The quantitative estimate of drug-likeness (QED) is 0.458. The molecule has 0 fully saturated rings. The SMILES string of the molecule is COC(=O)C(N)CCn1ccnc1[N+](=O)[O-].Cl. The molecule has 1 rings (SSSR count). The molecule has 1 atom stereocenters. The molecule has 0 spiro atoms. The Kier molecular flexibility index (Phi) is 6.15. The number of hydrogen-bond donors (Lipinski definition) is 1. The summed E-state index contributed by atoms with van der Waals surface area (Å²) in [5, 5.41) is 10.5. The fourth-order valence-electron chi connectivity index (χ4n) is 1.20. The van der Waals surface area contributed by atoms with Crippen molar-refractivity contribution in [2.75, 3.05) is 7.11 Å². The molecule has 0 aliphatic heterocycles. The number of methoxy groups -OCH3 is 1. The van der Waals surface area contributed by atoms with Crippen molar-refractivity contribution in [3.63, 3.8) is 0 Å². The minimum absolute atomic E-state index is 0. The minimum Gasteiger partial charge on any atom is -0.468 e. The van der Waals surface area contributed by atoms with Crippen LogP contribution in [-0.2, 0) is 16.1 Å². The van der Waals surface area contributed by atoms with E-state index in [9.17, 15) is 14.9 Å². The van der Waals surface area contributed by atoms with Crippen LogP contribution in [0.1, 0.15) is 6.42 Å². The number of nitrogens with two attached hydrogens (primary N) is 1. The maximum atomic E-state index is 11.0. The van der Waals surface area contributed by atoms with Crippen molar-refractivity contribution in [3.05, 3.63) is 22.5 Å². The number of hydrogen-bond acceptors (Lipinski definition) is 6. The molecule has 8 nitrogen and oxygen atoms in total. The van der Waals surface area contributed by atoms with Gasteiger partial charge in [0.25, 0.3) is 0 Å². The lowest BCUT2D eigenvalue weighted by atomic mass is 10.2. The standard InChI is InChI=1S/C8H12N4O4.ClH/c1-16-7(13)6(9)2-4-11-5-3-10-8(11)12(14)15;/h3,5-6H,2,4,9H2,1H3;1H. The summed E-state index contributed by atoms with van der Waals surface area (Å²) in [6.45, 7) is 0.243. The zero-order valence-corrected chi connectivity index (χ0v) is 9.92. The summed E-state index contributed by atoms with van der Waals surface area (Å²) in [5.74, 6) is -0.806. The Morgan fingerprint density at radius 1 is 1.76 bits per heavy atom. The highest BCUT2D eigenvalue weighted by Crippen LogP contribution is 2.08. The van der Waals surface area contributed by atoms with Crippen molar-refractivity contribution >= 4 is 24.3 Å².